The molecule has 0 saturated heterocycles. The summed E-state index contributed by atoms with van der Waals surface area (Å²) >= 11 is 3.61. The number of nitriles is 1. The second-order valence-corrected chi connectivity index (χ2v) is 13.1. The summed E-state index contributed by atoms with van der Waals surface area (Å²) in [6.07, 6.45) is 3.62. The minimum atomic E-state index is -0.269. The minimum absolute atomic E-state index is 0.0858. The highest BCUT2D eigenvalue weighted by Crippen LogP contribution is 2.41. The van der Waals surface area contributed by atoms with Gasteiger partial charge in [-0.15, -0.1) is 0 Å². The molecule has 1 aliphatic carbocycles. The fraction of sp³-hybridized carbons (Fsp3) is 0.162. The number of methoxy groups -OCH3 is 2. The third kappa shape index (κ3) is 5.42. The average molecular weight is 738 g/mol. The Bertz CT molecular complexity index is 2250. The van der Waals surface area contributed by atoms with Crippen molar-refractivity contribution < 1.29 is 14.2 Å². The van der Waals surface area contributed by atoms with Crippen molar-refractivity contribution in [3.63, 3.8) is 0 Å². The predicted molar refractivity (Wildman–Crippen MR) is 187 cm³/mol. The summed E-state index contributed by atoms with van der Waals surface area (Å²) in [7, 11) is 3.25. The van der Waals surface area contributed by atoms with Crippen LogP contribution in [-0.2, 0) is 13.0 Å². The van der Waals surface area contributed by atoms with Crippen molar-refractivity contribution in [1.82, 2.24) is 4.57 Å². The highest BCUT2D eigenvalue weighted by molar-refractivity contribution is 14.1. The van der Waals surface area contributed by atoms with E-state index in [0.29, 0.717) is 26.4 Å². The summed E-state index contributed by atoms with van der Waals surface area (Å²) in [6.45, 7) is 0.229. The molecule has 0 fully saturated rings. The number of fused-ring (bicyclic) bond motifs is 3. The maximum atomic E-state index is 14.2. The van der Waals surface area contributed by atoms with Crippen molar-refractivity contribution in [1.29, 1.82) is 5.26 Å². The fourth-order valence-electron chi connectivity index (χ4n) is 6.13. The van der Waals surface area contributed by atoms with E-state index in [1.54, 1.807) is 20.3 Å². The molecule has 4 aromatic carbocycles. The molecule has 1 aliphatic heterocycles. The SMILES string of the molecule is COc1ccc([C@H]2C3=C(N=c4s/c(=C\c5cc(I)c(OCc6ccccc6C#N)c(OC)c5)c(=O)n42)c2ccccc2CC3)cc1. The normalized spacial score (nSPS) is 15.3. The van der Waals surface area contributed by atoms with Gasteiger partial charge in [-0.2, -0.15) is 5.26 Å². The number of aryl methyl sites for hydroxylation is 1. The van der Waals surface area contributed by atoms with Crippen LogP contribution in [0, 0.1) is 14.9 Å². The number of aromatic nitrogens is 1. The van der Waals surface area contributed by atoms with Gasteiger partial charge in [-0.05, 0) is 94.1 Å². The van der Waals surface area contributed by atoms with Gasteiger partial charge in [0, 0.05) is 11.1 Å². The number of benzene rings is 4. The molecule has 2 aliphatic rings. The van der Waals surface area contributed by atoms with Gasteiger partial charge in [-0.3, -0.25) is 9.36 Å². The molecule has 0 bridgehead atoms. The van der Waals surface area contributed by atoms with Crippen molar-refractivity contribution in [2.75, 3.05) is 14.2 Å². The van der Waals surface area contributed by atoms with Gasteiger partial charge < -0.3 is 14.2 Å². The summed E-state index contributed by atoms with van der Waals surface area (Å²) in [6, 6.07) is 29.5. The molecule has 0 saturated carbocycles. The first-order valence-electron chi connectivity index (χ1n) is 14.7. The van der Waals surface area contributed by atoms with Crippen LogP contribution in [0.4, 0.5) is 0 Å². The van der Waals surface area contributed by atoms with Crippen LogP contribution in [0.2, 0.25) is 0 Å². The molecule has 1 aromatic heterocycles. The van der Waals surface area contributed by atoms with Crippen LogP contribution in [0.5, 0.6) is 17.2 Å². The third-order valence-electron chi connectivity index (χ3n) is 8.36. The van der Waals surface area contributed by atoms with Crippen LogP contribution in [0.1, 0.15) is 45.8 Å². The number of rotatable bonds is 7. The molecule has 0 N–H and O–H groups in total. The Morgan fingerprint density at radius 2 is 1.80 bits per heavy atom. The molecule has 0 radical (unpaired) electrons. The Hall–Kier alpha value is -4.66. The Morgan fingerprint density at radius 1 is 1.02 bits per heavy atom. The lowest BCUT2D eigenvalue weighted by molar-refractivity contribution is 0.282. The number of halogens is 1. The smallest absolute Gasteiger partial charge is 0.271 e. The number of hydrogen-bond donors (Lipinski definition) is 0. The van der Waals surface area contributed by atoms with Crippen molar-refractivity contribution in [2.24, 2.45) is 4.99 Å². The largest absolute Gasteiger partial charge is 0.497 e. The van der Waals surface area contributed by atoms with E-state index < -0.39 is 0 Å². The maximum Gasteiger partial charge on any atom is 0.271 e. The van der Waals surface area contributed by atoms with E-state index in [-0.39, 0.29) is 18.2 Å². The van der Waals surface area contributed by atoms with Gasteiger partial charge >= 0.3 is 0 Å². The molecule has 1 atom stereocenters. The zero-order valence-electron chi connectivity index (χ0n) is 25.1. The van der Waals surface area contributed by atoms with E-state index in [4.69, 9.17) is 19.2 Å². The van der Waals surface area contributed by atoms with E-state index in [9.17, 15) is 10.1 Å². The molecule has 46 heavy (non-hydrogen) atoms. The van der Waals surface area contributed by atoms with E-state index >= 15 is 0 Å². The number of allylic oxidation sites excluding steroid dienone is 1. The summed E-state index contributed by atoms with van der Waals surface area (Å²) in [5.41, 5.74) is 7.63. The predicted octanol–water partition coefficient (Wildman–Crippen LogP) is 6.39. The quantitative estimate of drug-likeness (QED) is 0.181. The second-order valence-electron chi connectivity index (χ2n) is 11.0. The van der Waals surface area contributed by atoms with Crippen LogP contribution in [0.15, 0.2) is 100 Å². The van der Waals surface area contributed by atoms with Crippen LogP contribution in [0.3, 0.4) is 0 Å². The first-order valence-corrected chi connectivity index (χ1v) is 16.6. The van der Waals surface area contributed by atoms with Crippen LogP contribution in [-0.4, -0.2) is 18.8 Å². The van der Waals surface area contributed by atoms with Crippen LogP contribution in [0.25, 0.3) is 11.8 Å². The van der Waals surface area contributed by atoms with Gasteiger partial charge in [0.05, 0.1) is 45.7 Å². The number of hydrogen-bond acceptors (Lipinski definition) is 7. The molecule has 228 valence electrons. The lowest BCUT2D eigenvalue weighted by Crippen LogP contribution is -2.38. The average Bonchev–Trinajstić information content (AvgIpc) is 3.40. The van der Waals surface area contributed by atoms with Crippen molar-refractivity contribution >= 4 is 45.7 Å². The molecule has 9 heteroatoms. The lowest BCUT2D eigenvalue weighted by atomic mass is 9.83. The molecule has 0 amide bonds. The van der Waals surface area contributed by atoms with Gasteiger partial charge in [-0.25, -0.2) is 4.99 Å². The molecule has 5 aromatic rings. The van der Waals surface area contributed by atoms with Gasteiger partial charge in [0.25, 0.3) is 5.56 Å². The number of ether oxygens (including phenoxy) is 3. The van der Waals surface area contributed by atoms with Crippen molar-refractivity contribution in [3.8, 4) is 23.3 Å². The van der Waals surface area contributed by atoms with Gasteiger partial charge in [-0.1, -0.05) is 65.9 Å². The van der Waals surface area contributed by atoms with Crippen molar-refractivity contribution in [2.45, 2.75) is 25.5 Å². The number of thiazole rings is 1. The Kier molecular flexibility index (Phi) is 8.23. The molecule has 0 unspecified atom stereocenters. The van der Waals surface area contributed by atoms with E-state index in [1.807, 2.05) is 71.3 Å². The van der Waals surface area contributed by atoms with E-state index in [1.165, 1.54) is 16.9 Å². The van der Waals surface area contributed by atoms with Crippen LogP contribution >= 0.6 is 33.9 Å². The molecule has 0 spiro atoms. The minimum Gasteiger partial charge on any atom is -0.497 e. The van der Waals surface area contributed by atoms with E-state index in [2.05, 4.69) is 46.9 Å². The van der Waals surface area contributed by atoms with E-state index in [0.717, 1.165) is 55.7 Å². The first kappa shape index (κ1) is 30.0. The zero-order valence-corrected chi connectivity index (χ0v) is 28.1. The van der Waals surface area contributed by atoms with Gasteiger partial charge in [0.15, 0.2) is 16.3 Å². The topological polar surface area (TPSA) is 85.8 Å². The molecular weight excluding hydrogens is 709 g/mol. The highest BCUT2D eigenvalue weighted by Gasteiger charge is 2.32. The summed E-state index contributed by atoms with van der Waals surface area (Å²) in [5, 5.41) is 9.46. The third-order valence-corrected chi connectivity index (χ3v) is 10.1. The summed E-state index contributed by atoms with van der Waals surface area (Å²) in [5.74, 6) is 1.90. The Balaban J connectivity index is 1.32. The van der Waals surface area contributed by atoms with Crippen LogP contribution < -0.4 is 29.1 Å². The van der Waals surface area contributed by atoms with Gasteiger partial charge in [0.1, 0.15) is 12.4 Å². The Morgan fingerprint density at radius 3 is 2.59 bits per heavy atom. The maximum absolute atomic E-state index is 14.2. The van der Waals surface area contributed by atoms with Crippen molar-refractivity contribution in [3.05, 3.63) is 147 Å². The zero-order chi connectivity index (χ0) is 31.8. The first-order chi connectivity index (χ1) is 22.5. The second kappa shape index (κ2) is 12.6. The molecule has 7 nitrogen and oxygen atoms in total. The Labute approximate surface area is 283 Å². The standard InChI is InChI=1S/C37H28IN3O4S/c1-43-27-14-11-24(12-15-27)34-29-16-13-23-7-5-6-10-28(23)33(29)40-37-41(34)36(42)32(46-37)19-22-17-30(38)35(31(18-22)44-2)45-21-26-9-4-3-8-25(26)20-39/h3-12,14-15,17-19,34H,13,16,21H2,1-2H3/b32-19-/t34-/m0/s1. The van der Waals surface area contributed by atoms with Gasteiger partial charge in [0.2, 0.25) is 0 Å². The molecule has 2 heterocycles. The summed E-state index contributed by atoms with van der Waals surface area (Å²) < 4.78 is 20.6. The fourth-order valence-corrected chi connectivity index (χ4v) is 7.91. The monoisotopic (exact) mass is 737 g/mol. The highest BCUT2D eigenvalue weighted by atomic mass is 127. The molecular formula is C37H28IN3O4S. The summed E-state index contributed by atoms with van der Waals surface area (Å²) in [4.78, 5) is 20.0. The lowest BCUT2D eigenvalue weighted by Gasteiger charge is -2.30. The number of nitrogens with zero attached hydrogens (tertiary/aromatic N) is 3. The molecule has 7 rings (SSSR count).